The molecule has 0 atom stereocenters. The van der Waals surface area contributed by atoms with Gasteiger partial charge < -0.3 is 9.47 Å². The van der Waals surface area contributed by atoms with Crippen LogP contribution in [-0.4, -0.2) is 17.5 Å². The number of nitrogens with zero attached hydrogens (tertiary/aromatic N) is 1. The van der Waals surface area contributed by atoms with Gasteiger partial charge in [0, 0.05) is 17.2 Å². The van der Waals surface area contributed by atoms with Gasteiger partial charge in [-0.3, -0.25) is 10.1 Å². The van der Waals surface area contributed by atoms with E-state index in [1.54, 1.807) is 49.4 Å². The number of nitro groups is 1. The Hall–Kier alpha value is -3.12. The lowest BCUT2D eigenvalue weighted by atomic mass is 10.2. The van der Waals surface area contributed by atoms with Crippen LogP contribution in [0.2, 0.25) is 5.02 Å². The minimum atomic E-state index is -0.575. The van der Waals surface area contributed by atoms with Crippen molar-refractivity contribution in [3.05, 3.63) is 81.0 Å². The molecule has 0 unspecified atom stereocenters. The van der Waals surface area contributed by atoms with Gasteiger partial charge in [-0.25, -0.2) is 4.79 Å². The standard InChI is InChI=1S/C19H16ClNO5/c1-2-25-18-13-15(11-12-21(23)24)5-9-17(18)26-19(22)10-6-14-3-7-16(20)8-4-14/h3-13H,2H2,1H3/b10-6+,12-11-. The zero-order valence-corrected chi connectivity index (χ0v) is 14.7. The van der Waals surface area contributed by atoms with Crippen LogP contribution in [-0.2, 0) is 4.79 Å². The SMILES string of the molecule is CCOc1cc(/C=C\[N+](=O)[O-])ccc1OC(=O)/C=C/c1ccc(Cl)cc1. The first-order valence-corrected chi connectivity index (χ1v) is 8.09. The summed E-state index contributed by atoms with van der Waals surface area (Å²) in [5, 5.41) is 11.0. The number of hydrogen-bond acceptors (Lipinski definition) is 5. The molecule has 0 aliphatic rings. The van der Waals surface area contributed by atoms with Crippen LogP contribution in [0, 0.1) is 10.1 Å². The Kier molecular flexibility index (Phi) is 6.93. The summed E-state index contributed by atoms with van der Waals surface area (Å²) >= 11 is 5.81. The van der Waals surface area contributed by atoms with Crippen LogP contribution in [0.25, 0.3) is 12.2 Å². The Balaban J connectivity index is 2.12. The van der Waals surface area contributed by atoms with E-state index in [1.807, 2.05) is 0 Å². The van der Waals surface area contributed by atoms with E-state index in [1.165, 1.54) is 18.2 Å². The van der Waals surface area contributed by atoms with Crippen LogP contribution < -0.4 is 9.47 Å². The highest BCUT2D eigenvalue weighted by molar-refractivity contribution is 6.30. The lowest BCUT2D eigenvalue weighted by Gasteiger charge is -2.10. The van der Waals surface area contributed by atoms with E-state index in [0.29, 0.717) is 22.9 Å². The molecule has 0 N–H and O–H groups in total. The molecule has 0 radical (unpaired) electrons. The summed E-state index contributed by atoms with van der Waals surface area (Å²) in [7, 11) is 0. The Labute approximate surface area is 155 Å². The van der Waals surface area contributed by atoms with Crippen molar-refractivity contribution >= 4 is 29.7 Å². The topological polar surface area (TPSA) is 78.7 Å². The first-order chi connectivity index (χ1) is 12.5. The molecule has 2 rings (SSSR count). The third-order valence-corrected chi connectivity index (χ3v) is 3.40. The summed E-state index contributed by atoms with van der Waals surface area (Å²) in [5.74, 6) is -0.0170. The minimum absolute atomic E-state index is 0.232. The average molecular weight is 374 g/mol. The molecule has 0 spiro atoms. The number of halogens is 1. The van der Waals surface area contributed by atoms with E-state index >= 15 is 0 Å². The van der Waals surface area contributed by atoms with Crippen LogP contribution in [0.1, 0.15) is 18.1 Å². The summed E-state index contributed by atoms with van der Waals surface area (Å²) in [6.07, 6.45) is 5.05. The normalized spacial score (nSPS) is 11.0. The molecular formula is C19H16ClNO5. The molecule has 0 amide bonds. The zero-order chi connectivity index (χ0) is 18.9. The maximum absolute atomic E-state index is 12.0. The number of esters is 1. The highest BCUT2D eigenvalue weighted by Gasteiger charge is 2.09. The molecule has 6 nitrogen and oxygen atoms in total. The third kappa shape index (κ3) is 6.07. The maximum atomic E-state index is 12.0. The van der Waals surface area contributed by atoms with Gasteiger partial charge in [0.2, 0.25) is 6.20 Å². The second kappa shape index (κ2) is 9.39. The van der Waals surface area contributed by atoms with Crippen molar-refractivity contribution < 1.29 is 19.2 Å². The lowest BCUT2D eigenvalue weighted by Crippen LogP contribution is -2.06. The van der Waals surface area contributed by atoms with Crippen molar-refractivity contribution in [3.63, 3.8) is 0 Å². The number of rotatable bonds is 7. The molecule has 0 heterocycles. The van der Waals surface area contributed by atoms with Crippen molar-refractivity contribution in [1.29, 1.82) is 0 Å². The van der Waals surface area contributed by atoms with Gasteiger partial charge in [0.1, 0.15) is 0 Å². The van der Waals surface area contributed by atoms with Crippen LogP contribution >= 0.6 is 11.6 Å². The van der Waals surface area contributed by atoms with Gasteiger partial charge in [-0.05, 0) is 48.4 Å². The van der Waals surface area contributed by atoms with Crippen LogP contribution in [0.15, 0.2) is 54.7 Å². The van der Waals surface area contributed by atoms with Crippen molar-refractivity contribution in [2.24, 2.45) is 0 Å². The number of benzene rings is 2. The van der Waals surface area contributed by atoms with E-state index in [0.717, 1.165) is 11.8 Å². The first-order valence-electron chi connectivity index (χ1n) is 7.72. The van der Waals surface area contributed by atoms with Crippen molar-refractivity contribution in [2.45, 2.75) is 6.92 Å². The van der Waals surface area contributed by atoms with Crippen molar-refractivity contribution in [3.8, 4) is 11.5 Å². The fourth-order valence-corrected chi connectivity index (χ4v) is 2.13. The maximum Gasteiger partial charge on any atom is 0.336 e. The molecule has 7 heteroatoms. The van der Waals surface area contributed by atoms with Crippen molar-refractivity contribution in [1.82, 2.24) is 0 Å². The third-order valence-electron chi connectivity index (χ3n) is 3.15. The molecule has 0 bridgehead atoms. The van der Waals surface area contributed by atoms with E-state index < -0.39 is 10.9 Å². The van der Waals surface area contributed by atoms with E-state index in [-0.39, 0.29) is 5.75 Å². The Bertz CT molecular complexity index is 844. The number of carbonyl (C=O) groups is 1. The Morgan fingerprint density at radius 2 is 1.81 bits per heavy atom. The zero-order valence-electron chi connectivity index (χ0n) is 13.9. The molecule has 0 saturated carbocycles. The van der Waals surface area contributed by atoms with Crippen LogP contribution in [0.4, 0.5) is 0 Å². The van der Waals surface area contributed by atoms with Crippen molar-refractivity contribution in [2.75, 3.05) is 6.61 Å². The number of hydrogen-bond donors (Lipinski definition) is 0. The highest BCUT2D eigenvalue weighted by atomic mass is 35.5. The molecule has 134 valence electrons. The minimum Gasteiger partial charge on any atom is -0.490 e. The molecule has 2 aromatic rings. The van der Waals surface area contributed by atoms with Gasteiger partial charge in [0.25, 0.3) is 0 Å². The summed E-state index contributed by atoms with van der Waals surface area (Å²) < 4.78 is 10.7. The largest absolute Gasteiger partial charge is 0.490 e. The van der Waals surface area contributed by atoms with Gasteiger partial charge in [0.05, 0.1) is 11.5 Å². The van der Waals surface area contributed by atoms with Gasteiger partial charge in [0.15, 0.2) is 11.5 Å². The smallest absolute Gasteiger partial charge is 0.336 e. The monoisotopic (exact) mass is 373 g/mol. The molecule has 0 aliphatic carbocycles. The summed E-state index contributed by atoms with van der Waals surface area (Å²) in [4.78, 5) is 21.9. The second-order valence-corrected chi connectivity index (χ2v) is 5.48. The molecule has 2 aromatic carbocycles. The number of carbonyl (C=O) groups excluding carboxylic acids is 1. The molecular weight excluding hydrogens is 358 g/mol. The summed E-state index contributed by atoms with van der Waals surface area (Å²) in [5.41, 5.74) is 1.36. The predicted molar refractivity (Wildman–Crippen MR) is 99.8 cm³/mol. The van der Waals surface area contributed by atoms with Crippen LogP contribution in [0.3, 0.4) is 0 Å². The van der Waals surface area contributed by atoms with Gasteiger partial charge >= 0.3 is 5.97 Å². The van der Waals surface area contributed by atoms with E-state index in [2.05, 4.69) is 0 Å². The Morgan fingerprint density at radius 3 is 2.46 bits per heavy atom. The fourth-order valence-electron chi connectivity index (χ4n) is 2.01. The first kappa shape index (κ1) is 19.2. The molecule has 0 aliphatic heterocycles. The summed E-state index contributed by atoms with van der Waals surface area (Å²) in [6, 6.07) is 11.7. The fraction of sp³-hybridized carbons (Fsp3) is 0.105. The van der Waals surface area contributed by atoms with Gasteiger partial charge in [-0.2, -0.15) is 0 Å². The van der Waals surface area contributed by atoms with E-state index in [9.17, 15) is 14.9 Å². The highest BCUT2D eigenvalue weighted by Crippen LogP contribution is 2.29. The van der Waals surface area contributed by atoms with Gasteiger partial charge in [-0.15, -0.1) is 0 Å². The number of ether oxygens (including phenoxy) is 2. The van der Waals surface area contributed by atoms with E-state index in [4.69, 9.17) is 21.1 Å². The molecule has 26 heavy (non-hydrogen) atoms. The molecule has 0 fully saturated rings. The molecule has 0 aromatic heterocycles. The Morgan fingerprint density at radius 1 is 1.12 bits per heavy atom. The second-order valence-electron chi connectivity index (χ2n) is 5.05. The quantitative estimate of drug-likeness (QED) is 0.233. The molecule has 0 saturated heterocycles. The predicted octanol–water partition coefficient (Wildman–Crippen LogP) is 4.60. The lowest BCUT2D eigenvalue weighted by molar-refractivity contribution is -0.400. The van der Waals surface area contributed by atoms with Crippen LogP contribution in [0.5, 0.6) is 11.5 Å². The summed E-state index contributed by atoms with van der Waals surface area (Å²) in [6.45, 7) is 2.14. The van der Waals surface area contributed by atoms with Gasteiger partial charge in [-0.1, -0.05) is 29.8 Å². The average Bonchev–Trinajstić information content (AvgIpc) is 2.61.